The summed E-state index contributed by atoms with van der Waals surface area (Å²) in [4.78, 5) is 6.55. The van der Waals surface area contributed by atoms with E-state index in [1.807, 2.05) is 74.8 Å². The molecule has 0 spiro atoms. The Morgan fingerprint density at radius 2 is 1.52 bits per heavy atom. The Bertz CT molecular complexity index is 1280. The van der Waals surface area contributed by atoms with Crippen molar-refractivity contribution in [3.8, 4) is 0 Å². The van der Waals surface area contributed by atoms with E-state index in [0.29, 0.717) is 0 Å². The van der Waals surface area contributed by atoms with E-state index in [1.165, 1.54) is 0 Å². The van der Waals surface area contributed by atoms with Gasteiger partial charge in [-0.3, -0.25) is 0 Å². The summed E-state index contributed by atoms with van der Waals surface area (Å²) in [7, 11) is 0. The van der Waals surface area contributed by atoms with Crippen LogP contribution in [0.4, 0.5) is 18.9 Å². The largest absolute Gasteiger partial charge is 0.416 e. The number of benzene rings is 3. The highest BCUT2D eigenvalue weighted by Crippen LogP contribution is 2.38. The summed E-state index contributed by atoms with van der Waals surface area (Å²) in [5.41, 5.74) is 5.83. The number of aromatic nitrogens is 1. The van der Waals surface area contributed by atoms with Gasteiger partial charge in [-0.25, -0.2) is 4.99 Å². The summed E-state index contributed by atoms with van der Waals surface area (Å²) < 4.78 is 39.2. The van der Waals surface area contributed by atoms with Gasteiger partial charge in [-0.2, -0.15) is 13.2 Å². The lowest BCUT2D eigenvalue weighted by Gasteiger charge is -2.12. The van der Waals surface area contributed by atoms with Gasteiger partial charge in [-0.15, -0.1) is 0 Å². The van der Waals surface area contributed by atoms with Gasteiger partial charge in [-0.1, -0.05) is 56.3 Å². The summed E-state index contributed by atoms with van der Waals surface area (Å²) in [6.07, 6.45) is -0.529. The number of H-pyrrole nitrogens is 1. The Kier molecular flexibility index (Phi) is 5.51. The van der Waals surface area contributed by atoms with Crippen molar-refractivity contribution < 1.29 is 18.2 Å². The Morgan fingerprint density at radius 1 is 0.839 bits per heavy atom. The molecule has 5 heteroatoms. The first-order valence-corrected chi connectivity index (χ1v) is 10.2. The van der Waals surface area contributed by atoms with Crippen LogP contribution >= 0.6 is 0 Å². The van der Waals surface area contributed by atoms with Gasteiger partial charge >= 0.3 is 6.18 Å². The summed E-state index contributed by atoms with van der Waals surface area (Å²) >= 11 is 0. The number of para-hydroxylation sites is 2. The van der Waals surface area contributed by atoms with Crippen LogP contribution in [-0.2, 0) is 6.18 Å². The fraction of sp³-hybridized carbons (Fsp3) is 0.115. The molecule has 0 aliphatic carbocycles. The van der Waals surface area contributed by atoms with Gasteiger partial charge in [-0.05, 0) is 29.8 Å². The molecule has 0 fully saturated rings. The lowest BCUT2D eigenvalue weighted by molar-refractivity contribution is -0.342. The number of alkyl halides is 3. The van der Waals surface area contributed by atoms with Crippen LogP contribution in [0.15, 0.2) is 79.0 Å². The zero-order valence-corrected chi connectivity index (χ0v) is 17.2. The Morgan fingerprint density at radius 3 is 2.26 bits per heavy atom. The third-order valence-corrected chi connectivity index (χ3v) is 5.22. The quantitative estimate of drug-likeness (QED) is 0.401. The topological polar surface area (TPSA) is 29.8 Å². The minimum atomic E-state index is -4.36. The standard InChI is InChI=1S/C24H15F3N2.C2H6/c25-24(26,27)16-11-9-15(10-12-16)23(19-13-28-21-7-3-1-5-17(19)21)20-14-29-22-8-4-2-6-18(20)22;1-2/h1-14,28H;1-2H3/p+1. The van der Waals surface area contributed by atoms with Crippen LogP contribution in [0.2, 0.25) is 0 Å². The highest BCUT2D eigenvalue weighted by atomic mass is 19.4. The molecular formula is C26H22F3N2+. The van der Waals surface area contributed by atoms with Crippen molar-refractivity contribution in [3.05, 3.63) is 101 Å². The number of hydrogen-bond acceptors (Lipinski definition) is 0. The number of hydrogen-bond donors (Lipinski definition) is 2. The summed E-state index contributed by atoms with van der Waals surface area (Å²) in [6.45, 7) is 4.00. The van der Waals surface area contributed by atoms with E-state index < -0.39 is 11.7 Å². The van der Waals surface area contributed by atoms with Crippen molar-refractivity contribution in [2.75, 3.05) is 0 Å². The average molecular weight is 419 g/mol. The molecular weight excluding hydrogens is 397 g/mol. The van der Waals surface area contributed by atoms with Gasteiger partial charge in [0.05, 0.1) is 16.7 Å². The number of nitrogens with one attached hydrogen (secondary N) is 2. The van der Waals surface area contributed by atoms with Gasteiger partial charge in [0, 0.05) is 34.3 Å². The minimum Gasteiger partial charge on any atom is -0.361 e. The van der Waals surface area contributed by atoms with Crippen LogP contribution in [-0.4, -0.2) is 11.2 Å². The van der Waals surface area contributed by atoms with E-state index in [-0.39, 0.29) is 0 Å². The molecule has 1 aliphatic rings. The van der Waals surface area contributed by atoms with Gasteiger partial charge in [0.15, 0.2) is 6.21 Å². The molecule has 0 saturated heterocycles. The third-order valence-electron chi connectivity index (χ3n) is 5.22. The lowest BCUT2D eigenvalue weighted by Crippen LogP contribution is -2.58. The molecule has 0 amide bonds. The normalized spacial score (nSPS) is 14.2. The molecule has 156 valence electrons. The number of allylic oxidation sites excluding steroid dienone is 1. The van der Waals surface area contributed by atoms with Gasteiger partial charge in [0.1, 0.15) is 0 Å². The molecule has 0 radical (unpaired) electrons. The molecule has 2 N–H and O–H groups in total. The van der Waals surface area contributed by atoms with Crippen molar-refractivity contribution in [2.45, 2.75) is 20.0 Å². The molecule has 0 unspecified atom stereocenters. The number of aromatic amines is 1. The van der Waals surface area contributed by atoms with Crippen molar-refractivity contribution in [1.82, 2.24) is 4.98 Å². The second-order valence-electron chi connectivity index (χ2n) is 6.95. The molecule has 1 aromatic heterocycles. The van der Waals surface area contributed by atoms with Gasteiger partial charge in [0.25, 0.3) is 0 Å². The summed E-state index contributed by atoms with van der Waals surface area (Å²) in [5, 5.41) is 1.02. The number of halogens is 3. The van der Waals surface area contributed by atoms with Crippen molar-refractivity contribution >= 4 is 34.0 Å². The van der Waals surface area contributed by atoms with Crippen LogP contribution in [0, 0.1) is 0 Å². The number of rotatable bonds is 2. The second kappa shape index (κ2) is 8.26. The maximum atomic E-state index is 13.1. The zero-order valence-electron chi connectivity index (χ0n) is 17.2. The third kappa shape index (κ3) is 3.79. The van der Waals surface area contributed by atoms with Crippen LogP contribution in [0.25, 0.3) is 22.0 Å². The monoisotopic (exact) mass is 419 g/mol. The maximum Gasteiger partial charge on any atom is 0.416 e. The first kappa shape index (κ1) is 20.7. The fourth-order valence-corrected chi connectivity index (χ4v) is 3.84. The molecule has 2 heterocycles. The highest BCUT2D eigenvalue weighted by molar-refractivity contribution is 6.24. The Labute approximate surface area is 178 Å². The van der Waals surface area contributed by atoms with E-state index in [4.69, 9.17) is 0 Å². The van der Waals surface area contributed by atoms with E-state index in [2.05, 4.69) is 9.98 Å². The average Bonchev–Trinajstić information content (AvgIpc) is 3.41. The molecule has 4 aromatic rings. The van der Waals surface area contributed by atoms with Crippen LogP contribution < -0.4 is 4.99 Å². The molecule has 31 heavy (non-hydrogen) atoms. The Balaban J connectivity index is 0.00000112. The molecule has 2 nitrogen and oxygen atoms in total. The van der Waals surface area contributed by atoms with Gasteiger partial charge in [0.2, 0.25) is 5.69 Å². The number of fused-ring (bicyclic) bond motifs is 2. The zero-order chi connectivity index (χ0) is 22.0. The first-order chi connectivity index (χ1) is 15.0. The first-order valence-electron chi connectivity index (χ1n) is 10.2. The molecule has 0 bridgehead atoms. The van der Waals surface area contributed by atoms with E-state index in [1.54, 1.807) is 12.1 Å². The van der Waals surface area contributed by atoms with Crippen LogP contribution in [0.1, 0.15) is 36.1 Å². The van der Waals surface area contributed by atoms with Gasteiger partial charge < -0.3 is 4.98 Å². The van der Waals surface area contributed by atoms with E-state index in [9.17, 15) is 13.2 Å². The molecule has 0 atom stereocenters. The van der Waals surface area contributed by atoms with Crippen molar-refractivity contribution in [3.63, 3.8) is 0 Å². The predicted octanol–water partition coefficient (Wildman–Crippen LogP) is 5.97. The predicted molar refractivity (Wildman–Crippen MR) is 120 cm³/mol. The van der Waals surface area contributed by atoms with E-state index in [0.717, 1.165) is 56.6 Å². The second-order valence-corrected chi connectivity index (χ2v) is 6.95. The van der Waals surface area contributed by atoms with Crippen molar-refractivity contribution in [1.29, 1.82) is 0 Å². The smallest absolute Gasteiger partial charge is 0.361 e. The SMILES string of the molecule is CC.FC(F)(F)c1ccc(C(=C2C=[NH+]c3ccccc32)c2c[nH]c3ccccc23)cc1. The molecule has 0 saturated carbocycles. The summed E-state index contributed by atoms with van der Waals surface area (Å²) in [5.74, 6) is 0. The van der Waals surface area contributed by atoms with E-state index >= 15 is 0 Å². The fourth-order valence-electron chi connectivity index (χ4n) is 3.84. The van der Waals surface area contributed by atoms with Crippen LogP contribution in [0.3, 0.4) is 0 Å². The highest BCUT2D eigenvalue weighted by Gasteiger charge is 2.31. The molecule has 3 aromatic carbocycles. The minimum absolute atomic E-state index is 0.654. The maximum absolute atomic E-state index is 13.1. The van der Waals surface area contributed by atoms with Crippen LogP contribution in [0.5, 0.6) is 0 Å². The molecule has 1 aliphatic heterocycles. The van der Waals surface area contributed by atoms with Crippen molar-refractivity contribution in [2.24, 2.45) is 0 Å². The lowest BCUT2D eigenvalue weighted by atomic mass is 9.89. The molecule has 5 rings (SSSR count). The Hall–Kier alpha value is -3.60. The summed E-state index contributed by atoms with van der Waals surface area (Å²) in [6, 6.07) is 21.2.